The summed E-state index contributed by atoms with van der Waals surface area (Å²) in [6.45, 7) is 4.68. The summed E-state index contributed by atoms with van der Waals surface area (Å²) < 4.78 is 7.25. The Labute approximate surface area is 181 Å². The maximum absolute atomic E-state index is 12.8. The molecule has 7 nitrogen and oxygen atoms in total. The van der Waals surface area contributed by atoms with Crippen LogP contribution < -0.4 is 20.9 Å². The Hall–Kier alpha value is -3.61. The number of anilines is 2. The number of ether oxygens (including phenoxy) is 1. The van der Waals surface area contributed by atoms with Crippen molar-refractivity contribution in [3.63, 3.8) is 0 Å². The van der Waals surface area contributed by atoms with Crippen LogP contribution in [0.15, 0.2) is 53.5 Å². The van der Waals surface area contributed by atoms with Gasteiger partial charge in [0.25, 0.3) is 11.5 Å². The molecule has 1 aliphatic rings. The Kier molecular flexibility index (Phi) is 5.75. The Morgan fingerprint density at radius 3 is 2.61 bits per heavy atom. The van der Waals surface area contributed by atoms with Crippen molar-refractivity contribution in [1.82, 2.24) is 15.1 Å². The Morgan fingerprint density at radius 1 is 1.16 bits per heavy atom. The van der Waals surface area contributed by atoms with Gasteiger partial charge in [-0.25, -0.2) is 4.68 Å². The summed E-state index contributed by atoms with van der Waals surface area (Å²) in [7, 11) is 1.58. The first-order valence-electron chi connectivity index (χ1n) is 10.4. The van der Waals surface area contributed by atoms with Crippen LogP contribution in [0.4, 0.5) is 11.4 Å². The maximum Gasteiger partial charge on any atom is 0.294 e. The number of hydrogen-bond donors (Lipinski definition) is 2. The number of rotatable bonds is 7. The van der Waals surface area contributed by atoms with E-state index in [4.69, 9.17) is 4.74 Å². The zero-order valence-electron chi connectivity index (χ0n) is 17.9. The summed E-state index contributed by atoms with van der Waals surface area (Å²) in [6, 6.07) is 12.9. The van der Waals surface area contributed by atoms with E-state index in [0.29, 0.717) is 35.2 Å². The number of aromatic nitrogens is 2. The largest absolute Gasteiger partial charge is 0.453 e. The minimum atomic E-state index is -0.328. The number of carbonyl (C=O) groups is 1. The van der Waals surface area contributed by atoms with Crippen LogP contribution in [-0.2, 0) is 7.05 Å². The van der Waals surface area contributed by atoms with E-state index in [2.05, 4.69) is 15.7 Å². The molecule has 1 fully saturated rings. The van der Waals surface area contributed by atoms with Crippen LogP contribution in [0.25, 0.3) is 0 Å². The molecule has 1 heterocycles. The normalized spacial score (nSPS) is 13.0. The van der Waals surface area contributed by atoms with E-state index >= 15 is 0 Å². The van der Waals surface area contributed by atoms with E-state index in [1.54, 1.807) is 31.3 Å². The first kappa shape index (κ1) is 20.7. The van der Waals surface area contributed by atoms with Crippen molar-refractivity contribution < 1.29 is 9.53 Å². The van der Waals surface area contributed by atoms with Crippen LogP contribution in [0, 0.1) is 19.8 Å². The second-order valence-electron chi connectivity index (χ2n) is 8.10. The molecule has 31 heavy (non-hydrogen) atoms. The fourth-order valence-corrected chi connectivity index (χ4v) is 3.38. The van der Waals surface area contributed by atoms with Crippen molar-refractivity contribution >= 4 is 17.3 Å². The van der Waals surface area contributed by atoms with Gasteiger partial charge in [-0.1, -0.05) is 12.1 Å². The van der Waals surface area contributed by atoms with Gasteiger partial charge in [0.1, 0.15) is 5.75 Å². The lowest BCUT2D eigenvalue weighted by atomic mass is 10.1. The second-order valence-corrected chi connectivity index (χ2v) is 8.10. The Balaban J connectivity index is 1.60. The van der Waals surface area contributed by atoms with Crippen LogP contribution in [0.2, 0.25) is 0 Å². The third-order valence-corrected chi connectivity index (χ3v) is 5.17. The highest BCUT2D eigenvalue weighted by atomic mass is 16.5. The van der Waals surface area contributed by atoms with E-state index in [0.717, 1.165) is 11.1 Å². The zero-order chi connectivity index (χ0) is 22.0. The van der Waals surface area contributed by atoms with Crippen LogP contribution in [0.3, 0.4) is 0 Å². The predicted octanol–water partition coefficient (Wildman–Crippen LogP) is 4.07. The number of amides is 1. The summed E-state index contributed by atoms with van der Waals surface area (Å²) in [4.78, 5) is 25.2. The second kappa shape index (κ2) is 8.63. The smallest absolute Gasteiger partial charge is 0.294 e. The third-order valence-electron chi connectivity index (χ3n) is 5.17. The lowest BCUT2D eigenvalue weighted by molar-refractivity contribution is 0.0952. The van der Waals surface area contributed by atoms with Gasteiger partial charge >= 0.3 is 0 Å². The molecule has 160 valence electrons. The molecule has 3 aromatic rings. The molecule has 1 amide bonds. The molecule has 2 N–H and O–H groups in total. The van der Waals surface area contributed by atoms with Gasteiger partial charge in [0.05, 0.1) is 6.20 Å². The molecule has 0 unspecified atom stereocenters. The summed E-state index contributed by atoms with van der Waals surface area (Å²) in [5.41, 5.74) is 3.20. The molecule has 1 aliphatic carbocycles. The van der Waals surface area contributed by atoms with E-state index in [-0.39, 0.29) is 17.2 Å². The third kappa shape index (κ3) is 5.12. The van der Waals surface area contributed by atoms with Gasteiger partial charge in [0.2, 0.25) is 0 Å². The molecule has 0 spiro atoms. The molecule has 4 rings (SSSR count). The van der Waals surface area contributed by atoms with Gasteiger partial charge in [0.15, 0.2) is 11.4 Å². The van der Waals surface area contributed by atoms with E-state index in [1.807, 2.05) is 32.0 Å². The highest BCUT2D eigenvalue weighted by molar-refractivity contribution is 5.95. The van der Waals surface area contributed by atoms with Crippen LogP contribution in [0.5, 0.6) is 11.5 Å². The van der Waals surface area contributed by atoms with Gasteiger partial charge in [-0.05, 0) is 74.1 Å². The van der Waals surface area contributed by atoms with E-state index in [1.165, 1.54) is 23.7 Å². The summed E-state index contributed by atoms with van der Waals surface area (Å²) in [5.74, 6) is 1.43. The summed E-state index contributed by atoms with van der Waals surface area (Å²) in [6.07, 6.45) is 3.86. The van der Waals surface area contributed by atoms with Gasteiger partial charge < -0.3 is 15.4 Å². The molecule has 7 heteroatoms. The van der Waals surface area contributed by atoms with E-state index in [9.17, 15) is 9.59 Å². The van der Waals surface area contributed by atoms with Crippen LogP contribution in [-0.4, -0.2) is 22.2 Å². The average Bonchev–Trinajstić information content (AvgIpc) is 3.56. The molecule has 0 radical (unpaired) electrons. The van der Waals surface area contributed by atoms with Crippen molar-refractivity contribution in [3.05, 3.63) is 75.7 Å². The standard InChI is InChI=1S/C24H26N4O3/c1-15-9-16(2)11-20(10-15)31-21-14-26-28(3)24(30)22(21)27-19-6-4-5-18(12-19)23(29)25-13-17-7-8-17/h4-6,9-12,14,17,27H,7-8,13H2,1-3H3,(H,25,29). The zero-order valence-corrected chi connectivity index (χ0v) is 17.9. The topological polar surface area (TPSA) is 85.2 Å². The Morgan fingerprint density at radius 2 is 1.90 bits per heavy atom. The highest BCUT2D eigenvalue weighted by Gasteiger charge is 2.22. The van der Waals surface area contributed by atoms with Crippen molar-refractivity contribution in [2.75, 3.05) is 11.9 Å². The van der Waals surface area contributed by atoms with Crippen molar-refractivity contribution in [2.45, 2.75) is 26.7 Å². The number of benzene rings is 2. The first-order valence-corrected chi connectivity index (χ1v) is 10.4. The molecule has 0 aliphatic heterocycles. The molecule has 1 saturated carbocycles. The summed E-state index contributed by atoms with van der Waals surface area (Å²) >= 11 is 0. The maximum atomic E-state index is 12.8. The fourth-order valence-electron chi connectivity index (χ4n) is 3.38. The minimum Gasteiger partial charge on any atom is -0.453 e. The number of hydrogen-bond acceptors (Lipinski definition) is 5. The fraction of sp³-hybridized carbons (Fsp3) is 0.292. The van der Waals surface area contributed by atoms with Crippen LogP contribution in [0.1, 0.15) is 34.3 Å². The highest BCUT2D eigenvalue weighted by Crippen LogP contribution is 2.30. The van der Waals surface area contributed by atoms with Gasteiger partial charge in [-0.3, -0.25) is 9.59 Å². The minimum absolute atomic E-state index is 0.120. The predicted molar refractivity (Wildman–Crippen MR) is 120 cm³/mol. The molecular weight excluding hydrogens is 392 g/mol. The number of aryl methyl sites for hydroxylation is 3. The van der Waals surface area contributed by atoms with Crippen molar-refractivity contribution in [2.24, 2.45) is 13.0 Å². The van der Waals surface area contributed by atoms with Gasteiger partial charge in [-0.2, -0.15) is 5.10 Å². The quantitative estimate of drug-likeness (QED) is 0.604. The average molecular weight is 418 g/mol. The number of carbonyl (C=O) groups excluding carboxylic acids is 1. The number of nitrogens with zero attached hydrogens (tertiary/aromatic N) is 2. The molecule has 0 atom stereocenters. The first-order chi connectivity index (χ1) is 14.9. The molecular formula is C24H26N4O3. The molecule has 1 aromatic heterocycles. The van der Waals surface area contributed by atoms with Crippen molar-refractivity contribution in [3.8, 4) is 11.5 Å². The molecule has 2 aromatic carbocycles. The van der Waals surface area contributed by atoms with E-state index < -0.39 is 0 Å². The molecule has 0 bridgehead atoms. The van der Waals surface area contributed by atoms with Crippen molar-refractivity contribution in [1.29, 1.82) is 0 Å². The SMILES string of the molecule is Cc1cc(C)cc(Oc2cnn(C)c(=O)c2Nc2cccc(C(=O)NCC3CC3)c2)c1. The number of nitrogens with one attached hydrogen (secondary N) is 2. The lowest BCUT2D eigenvalue weighted by Crippen LogP contribution is -2.25. The lowest BCUT2D eigenvalue weighted by Gasteiger charge is -2.14. The monoisotopic (exact) mass is 418 g/mol. The van der Waals surface area contributed by atoms with Gasteiger partial charge in [-0.15, -0.1) is 0 Å². The van der Waals surface area contributed by atoms with Gasteiger partial charge in [0, 0.05) is 24.8 Å². The summed E-state index contributed by atoms with van der Waals surface area (Å²) in [5, 5.41) is 10.2. The van der Waals surface area contributed by atoms with Crippen LogP contribution >= 0.6 is 0 Å². The molecule has 0 saturated heterocycles. The Bertz CT molecular complexity index is 1160.